The highest BCUT2D eigenvalue weighted by Gasteiger charge is 2.11. The molecule has 0 radical (unpaired) electrons. The van der Waals surface area contributed by atoms with Gasteiger partial charge in [0.1, 0.15) is 10.8 Å². The van der Waals surface area contributed by atoms with Crippen molar-refractivity contribution in [2.45, 2.75) is 27.2 Å². The fourth-order valence-corrected chi connectivity index (χ4v) is 3.28. The Bertz CT molecular complexity index is 904. The van der Waals surface area contributed by atoms with Gasteiger partial charge in [-0.2, -0.15) is 0 Å². The molecule has 0 unspecified atom stereocenters. The van der Waals surface area contributed by atoms with Gasteiger partial charge < -0.3 is 4.74 Å². The highest BCUT2D eigenvalue weighted by Crippen LogP contribution is 2.20. The Kier molecular flexibility index (Phi) is 6.19. The lowest BCUT2D eigenvalue weighted by Crippen LogP contribution is -2.11. The summed E-state index contributed by atoms with van der Waals surface area (Å²) in [5, 5.41) is 12.4. The van der Waals surface area contributed by atoms with Crippen molar-refractivity contribution in [1.29, 1.82) is 0 Å². The second-order valence-electron chi connectivity index (χ2n) is 6.85. The summed E-state index contributed by atoms with van der Waals surface area (Å²) >= 11 is 1.39. The van der Waals surface area contributed by atoms with E-state index in [1.165, 1.54) is 22.5 Å². The Morgan fingerprint density at radius 2 is 1.93 bits per heavy atom. The van der Waals surface area contributed by atoms with Gasteiger partial charge in [-0.15, -0.1) is 10.2 Å². The summed E-state index contributed by atoms with van der Waals surface area (Å²) in [4.78, 5) is 12.4. The number of benzene rings is 2. The molecule has 2 aromatic carbocycles. The zero-order valence-electron chi connectivity index (χ0n) is 15.7. The second-order valence-corrected chi connectivity index (χ2v) is 7.91. The van der Waals surface area contributed by atoms with Crippen molar-refractivity contribution in [3.8, 4) is 5.75 Å². The van der Waals surface area contributed by atoms with Gasteiger partial charge in [0.05, 0.1) is 6.61 Å². The molecular weight excluding hydrogens is 358 g/mol. The fourth-order valence-electron chi connectivity index (χ4n) is 2.51. The monoisotopic (exact) mass is 381 g/mol. The SMILES string of the molecule is Cc1cccc(Cc2nnc(NC(=O)c3ccc(OCC(C)C)cc3)s2)c1. The standard InChI is InChI=1S/C21H23N3O2S/c1-14(2)13-26-18-9-7-17(8-10-18)20(25)22-21-24-23-19(27-21)12-16-6-4-5-15(3)11-16/h4-11,14H,12-13H2,1-3H3,(H,22,24,25). The van der Waals surface area contributed by atoms with Gasteiger partial charge in [-0.1, -0.05) is 55.0 Å². The first-order valence-corrected chi connectivity index (χ1v) is 9.73. The van der Waals surface area contributed by atoms with Gasteiger partial charge in [0, 0.05) is 12.0 Å². The van der Waals surface area contributed by atoms with Gasteiger partial charge in [0.15, 0.2) is 0 Å². The number of hydrogen-bond donors (Lipinski definition) is 1. The molecule has 3 aromatic rings. The smallest absolute Gasteiger partial charge is 0.257 e. The quantitative estimate of drug-likeness (QED) is 0.643. The molecule has 3 rings (SSSR count). The summed E-state index contributed by atoms with van der Waals surface area (Å²) in [6.07, 6.45) is 0.705. The van der Waals surface area contributed by atoms with Crippen LogP contribution in [0.25, 0.3) is 0 Å². The number of hydrogen-bond acceptors (Lipinski definition) is 5. The van der Waals surface area contributed by atoms with Crippen molar-refractivity contribution in [2.75, 3.05) is 11.9 Å². The third kappa shape index (κ3) is 5.62. The van der Waals surface area contributed by atoms with Crippen molar-refractivity contribution in [1.82, 2.24) is 10.2 Å². The van der Waals surface area contributed by atoms with E-state index < -0.39 is 0 Å². The Balaban J connectivity index is 1.59. The molecule has 0 saturated heterocycles. The molecule has 1 N–H and O–H groups in total. The van der Waals surface area contributed by atoms with Crippen LogP contribution in [0.15, 0.2) is 48.5 Å². The highest BCUT2D eigenvalue weighted by atomic mass is 32.1. The summed E-state index contributed by atoms with van der Waals surface area (Å²) in [6.45, 7) is 6.91. The van der Waals surface area contributed by atoms with Crippen LogP contribution < -0.4 is 10.1 Å². The predicted molar refractivity (Wildman–Crippen MR) is 109 cm³/mol. The van der Waals surface area contributed by atoms with Crippen LogP contribution in [0.1, 0.15) is 40.3 Å². The third-order valence-electron chi connectivity index (χ3n) is 3.82. The van der Waals surface area contributed by atoms with Crippen molar-refractivity contribution < 1.29 is 9.53 Å². The van der Waals surface area contributed by atoms with Crippen LogP contribution in [0.5, 0.6) is 5.75 Å². The first kappa shape index (κ1) is 19.0. The van der Waals surface area contributed by atoms with Crippen LogP contribution in [-0.4, -0.2) is 22.7 Å². The van der Waals surface area contributed by atoms with Crippen molar-refractivity contribution in [2.24, 2.45) is 5.92 Å². The number of aromatic nitrogens is 2. The molecule has 0 fully saturated rings. The van der Waals surface area contributed by atoms with Crippen LogP contribution in [0.2, 0.25) is 0 Å². The van der Waals surface area contributed by atoms with Gasteiger partial charge in [0.25, 0.3) is 5.91 Å². The van der Waals surface area contributed by atoms with E-state index in [0.29, 0.717) is 29.6 Å². The number of rotatable bonds is 7. The highest BCUT2D eigenvalue weighted by molar-refractivity contribution is 7.15. The van der Waals surface area contributed by atoms with Gasteiger partial charge >= 0.3 is 0 Å². The maximum atomic E-state index is 12.4. The predicted octanol–water partition coefficient (Wildman–Crippen LogP) is 4.72. The van der Waals surface area contributed by atoms with Crippen LogP contribution in [0, 0.1) is 12.8 Å². The molecule has 1 amide bonds. The van der Waals surface area contributed by atoms with Gasteiger partial charge in [-0.3, -0.25) is 10.1 Å². The minimum atomic E-state index is -0.205. The molecule has 0 saturated carbocycles. The van der Waals surface area contributed by atoms with E-state index in [2.05, 4.69) is 54.5 Å². The average Bonchev–Trinajstić information content (AvgIpc) is 3.07. The normalized spacial score (nSPS) is 10.8. The summed E-state index contributed by atoms with van der Waals surface area (Å²) in [7, 11) is 0. The summed E-state index contributed by atoms with van der Waals surface area (Å²) < 4.78 is 5.64. The number of amides is 1. The van der Waals surface area contributed by atoms with Crippen LogP contribution >= 0.6 is 11.3 Å². The lowest BCUT2D eigenvalue weighted by Gasteiger charge is -2.09. The first-order chi connectivity index (χ1) is 13.0. The minimum Gasteiger partial charge on any atom is -0.493 e. The van der Waals surface area contributed by atoms with E-state index in [1.54, 1.807) is 24.3 Å². The zero-order chi connectivity index (χ0) is 19.2. The molecule has 0 aliphatic heterocycles. The second kappa shape index (κ2) is 8.77. The first-order valence-electron chi connectivity index (χ1n) is 8.92. The lowest BCUT2D eigenvalue weighted by molar-refractivity contribution is 0.102. The van der Waals surface area contributed by atoms with Crippen LogP contribution in [-0.2, 0) is 6.42 Å². The Hall–Kier alpha value is -2.73. The Labute approximate surface area is 163 Å². The number of nitrogens with zero attached hydrogens (tertiary/aromatic N) is 2. The van der Waals surface area contributed by atoms with Gasteiger partial charge in [-0.25, -0.2) is 0 Å². The molecule has 0 spiro atoms. The van der Waals surface area contributed by atoms with Crippen molar-refractivity contribution >= 4 is 22.4 Å². The summed E-state index contributed by atoms with van der Waals surface area (Å²) in [5.74, 6) is 1.01. The molecule has 140 valence electrons. The molecule has 0 bridgehead atoms. The number of nitrogens with one attached hydrogen (secondary N) is 1. The zero-order valence-corrected chi connectivity index (χ0v) is 16.5. The van der Waals surface area contributed by atoms with E-state index in [-0.39, 0.29) is 5.91 Å². The fraction of sp³-hybridized carbons (Fsp3) is 0.286. The van der Waals surface area contributed by atoms with E-state index >= 15 is 0 Å². The maximum absolute atomic E-state index is 12.4. The number of anilines is 1. The summed E-state index contributed by atoms with van der Waals surface area (Å²) in [6, 6.07) is 15.4. The Morgan fingerprint density at radius 1 is 1.15 bits per heavy atom. The molecule has 1 heterocycles. The van der Waals surface area contributed by atoms with E-state index in [1.807, 2.05) is 6.07 Å². The molecule has 0 aliphatic carbocycles. The number of carbonyl (C=O) groups is 1. The molecule has 5 nitrogen and oxygen atoms in total. The van der Waals surface area contributed by atoms with Crippen LogP contribution in [0.3, 0.4) is 0 Å². The third-order valence-corrected chi connectivity index (χ3v) is 4.66. The lowest BCUT2D eigenvalue weighted by atomic mass is 10.1. The summed E-state index contributed by atoms with van der Waals surface area (Å²) in [5.41, 5.74) is 2.95. The minimum absolute atomic E-state index is 0.205. The van der Waals surface area contributed by atoms with E-state index in [9.17, 15) is 4.79 Å². The molecule has 1 aromatic heterocycles. The maximum Gasteiger partial charge on any atom is 0.257 e. The number of carbonyl (C=O) groups excluding carboxylic acids is 1. The molecule has 0 atom stereocenters. The topological polar surface area (TPSA) is 64.1 Å². The largest absolute Gasteiger partial charge is 0.493 e. The molecule has 6 heteroatoms. The van der Waals surface area contributed by atoms with Crippen LogP contribution in [0.4, 0.5) is 5.13 Å². The van der Waals surface area contributed by atoms with Crippen molar-refractivity contribution in [3.05, 3.63) is 70.2 Å². The molecular formula is C21H23N3O2S. The van der Waals surface area contributed by atoms with E-state index in [0.717, 1.165) is 10.8 Å². The van der Waals surface area contributed by atoms with Gasteiger partial charge in [-0.05, 0) is 42.7 Å². The Morgan fingerprint density at radius 3 is 2.63 bits per heavy atom. The number of aryl methyl sites for hydroxylation is 1. The molecule has 27 heavy (non-hydrogen) atoms. The van der Waals surface area contributed by atoms with Gasteiger partial charge in [0.2, 0.25) is 5.13 Å². The molecule has 0 aliphatic rings. The van der Waals surface area contributed by atoms with Crippen molar-refractivity contribution in [3.63, 3.8) is 0 Å². The number of ether oxygens (including phenoxy) is 1. The average molecular weight is 382 g/mol. The van der Waals surface area contributed by atoms with E-state index in [4.69, 9.17) is 4.74 Å².